The number of alkyl halides is 20. The van der Waals surface area contributed by atoms with E-state index in [1.807, 2.05) is 0 Å². The normalized spacial score (nSPS) is 15.8. The topological polar surface area (TPSA) is 212 Å². The second-order valence-electron chi connectivity index (χ2n) is 13.2. The van der Waals surface area contributed by atoms with Crippen molar-refractivity contribution in [1.29, 1.82) is 0 Å². The Morgan fingerprint density at radius 3 is 0.765 bits per heavy atom. The number of unbranched alkanes of at least 4 members (excludes halogenated alkanes) is 2. The van der Waals surface area contributed by atoms with Gasteiger partial charge in [0.1, 0.15) is 44.7 Å². The maximum atomic E-state index is 13.8. The van der Waals surface area contributed by atoms with E-state index in [1.165, 1.54) is 0 Å². The SMILES string of the molecule is OCCCCOCC(O)COCC(F)(F)OC(F)(F)OC(F)(F)C(F)(F)OC(F)(F)COCC(O)COCC(F)(F)OC(F)(F)OC(F)(F)C(F)(F)OC(F)(F)COCC(O)COCCCCO. The lowest BCUT2D eigenvalue weighted by atomic mass is 10.3. The first kappa shape index (κ1) is 65.9. The number of ether oxygens (including phenoxy) is 12. The van der Waals surface area contributed by atoms with Gasteiger partial charge in [-0.3, -0.25) is 0 Å². The Morgan fingerprint density at radius 1 is 0.294 bits per heavy atom. The minimum absolute atomic E-state index is 0.0341. The van der Waals surface area contributed by atoms with Crippen molar-refractivity contribution in [2.45, 2.75) is 105 Å². The Hall–Kier alpha value is -2.08. The van der Waals surface area contributed by atoms with Gasteiger partial charge in [0.15, 0.2) is 0 Å². The summed E-state index contributed by atoms with van der Waals surface area (Å²) in [5.41, 5.74) is 0. The molecule has 0 aliphatic carbocycles. The molecule has 0 aliphatic rings. The minimum atomic E-state index is -6.97. The van der Waals surface area contributed by atoms with Crippen LogP contribution in [-0.4, -0.2) is 198 Å². The van der Waals surface area contributed by atoms with Crippen molar-refractivity contribution < 1.29 is 170 Å². The number of rotatable bonds is 42. The minimum Gasteiger partial charge on any atom is -0.396 e. The first-order chi connectivity index (χ1) is 30.8. The van der Waals surface area contributed by atoms with Gasteiger partial charge in [0.05, 0.1) is 39.6 Å². The highest BCUT2D eigenvalue weighted by Crippen LogP contribution is 2.46. The lowest BCUT2D eigenvalue weighted by molar-refractivity contribution is -0.567. The van der Waals surface area contributed by atoms with E-state index in [0.717, 1.165) is 0 Å². The molecule has 0 radical (unpaired) electrons. The van der Waals surface area contributed by atoms with Crippen LogP contribution in [0.5, 0.6) is 0 Å². The summed E-state index contributed by atoms with van der Waals surface area (Å²) in [5.74, 6) is 0. The van der Waals surface area contributed by atoms with Gasteiger partial charge < -0.3 is 54.0 Å². The third-order valence-corrected chi connectivity index (χ3v) is 6.60. The van der Waals surface area contributed by atoms with Crippen LogP contribution in [0.15, 0.2) is 0 Å². The van der Waals surface area contributed by atoms with E-state index in [0.29, 0.717) is 6.42 Å². The van der Waals surface area contributed by atoms with Crippen LogP contribution in [0.4, 0.5) is 87.8 Å². The highest BCUT2D eigenvalue weighted by atomic mass is 19.4. The first-order valence-electron chi connectivity index (χ1n) is 18.5. The van der Waals surface area contributed by atoms with Crippen LogP contribution in [0.25, 0.3) is 0 Å². The molecule has 0 aromatic carbocycles. The standard InChI is InChI=1S/C31H44F20O17/c32-22(33,15-59-11-19(54)9-57-7-3-1-5-52)63-26(40,41)28(44,45)68-31(50,51)66-25(38,39)18-62-14-21(56)13-60-16-23(34,35)64-27(42,43)29(46,47)67-30(48,49)65-24(36,37)17-61-12-20(55)10-58-8-4-2-6-53/h19-21,52-56H,1-18H2. The molecule has 0 fully saturated rings. The molecule has 0 heterocycles. The van der Waals surface area contributed by atoms with E-state index in [4.69, 9.17) is 19.7 Å². The first-order valence-corrected chi connectivity index (χ1v) is 18.5. The fraction of sp³-hybridized carbons (Fsp3) is 1.00. The van der Waals surface area contributed by atoms with E-state index >= 15 is 0 Å². The molecule has 3 unspecified atom stereocenters. The fourth-order valence-corrected chi connectivity index (χ4v) is 3.89. The molecule has 37 heteroatoms. The van der Waals surface area contributed by atoms with Crippen LogP contribution in [0, 0.1) is 0 Å². The van der Waals surface area contributed by atoms with E-state index in [2.05, 4.69) is 47.4 Å². The second kappa shape index (κ2) is 28.2. The number of aliphatic hydroxyl groups excluding tert-OH is 5. The molecule has 0 saturated heterocycles. The van der Waals surface area contributed by atoms with Gasteiger partial charge in [-0.1, -0.05) is 0 Å². The zero-order valence-electron chi connectivity index (χ0n) is 34.2. The molecule has 0 aliphatic heterocycles. The van der Waals surface area contributed by atoms with Crippen molar-refractivity contribution in [2.75, 3.05) is 92.5 Å². The highest BCUT2D eigenvalue weighted by Gasteiger charge is 2.70. The molecule has 3 atom stereocenters. The van der Waals surface area contributed by atoms with Crippen LogP contribution in [0.1, 0.15) is 25.7 Å². The summed E-state index contributed by atoms with van der Waals surface area (Å²) in [7, 11) is 0. The maximum Gasteiger partial charge on any atom is 0.495 e. The van der Waals surface area contributed by atoms with Crippen LogP contribution in [-0.2, 0) is 56.8 Å². The van der Waals surface area contributed by atoms with Crippen molar-refractivity contribution in [3.8, 4) is 0 Å². The summed E-state index contributed by atoms with van der Waals surface area (Å²) in [6.07, 6.45) is -67.6. The third kappa shape index (κ3) is 28.7. The molecule has 68 heavy (non-hydrogen) atoms. The zero-order chi connectivity index (χ0) is 52.9. The van der Waals surface area contributed by atoms with Crippen molar-refractivity contribution in [1.82, 2.24) is 0 Å². The van der Waals surface area contributed by atoms with Crippen LogP contribution < -0.4 is 0 Å². The Labute approximate surface area is 368 Å². The molecule has 0 saturated carbocycles. The van der Waals surface area contributed by atoms with Gasteiger partial charge in [-0.2, -0.15) is 70.2 Å². The van der Waals surface area contributed by atoms with Gasteiger partial charge in [0.2, 0.25) is 0 Å². The van der Waals surface area contributed by atoms with Gasteiger partial charge in [-0.15, -0.1) is 17.6 Å². The number of hydrogen-bond acceptors (Lipinski definition) is 17. The second-order valence-corrected chi connectivity index (χ2v) is 13.2. The van der Waals surface area contributed by atoms with Crippen molar-refractivity contribution >= 4 is 0 Å². The van der Waals surface area contributed by atoms with E-state index < -0.39 is 146 Å². The van der Waals surface area contributed by atoms with Gasteiger partial charge in [0, 0.05) is 26.4 Å². The van der Waals surface area contributed by atoms with Gasteiger partial charge >= 0.3 is 61.5 Å². The maximum absolute atomic E-state index is 13.8. The van der Waals surface area contributed by atoms with Gasteiger partial charge in [0.25, 0.3) is 0 Å². The van der Waals surface area contributed by atoms with E-state index in [1.54, 1.807) is 0 Å². The monoisotopic (exact) mass is 1070 g/mol. The molecular weight excluding hydrogens is 1020 g/mol. The lowest BCUT2D eigenvalue weighted by Gasteiger charge is -2.32. The number of halogens is 20. The Bertz CT molecular complexity index is 1380. The molecule has 0 rings (SSSR count). The number of aliphatic hydroxyl groups is 5. The lowest BCUT2D eigenvalue weighted by Crippen LogP contribution is -2.54. The van der Waals surface area contributed by atoms with Crippen LogP contribution in [0.3, 0.4) is 0 Å². The van der Waals surface area contributed by atoms with Gasteiger partial charge in [-0.05, 0) is 25.7 Å². The van der Waals surface area contributed by atoms with E-state index in [-0.39, 0.29) is 45.7 Å². The quantitative estimate of drug-likeness (QED) is 0.0320. The Morgan fingerprint density at radius 2 is 0.515 bits per heavy atom. The number of hydrogen-bond donors (Lipinski definition) is 5. The van der Waals surface area contributed by atoms with Crippen molar-refractivity contribution in [3.63, 3.8) is 0 Å². The van der Waals surface area contributed by atoms with Crippen LogP contribution in [0.2, 0.25) is 0 Å². The molecule has 17 nitrogen and oxygen atoms in total. The summed E-state index contributed by atoms with van der Waals surface area (Å²) in [5, 5.41) is 45.7. The zero-order valence-corrected chi connectivity index (χ0v) is 34.2. The summed E-state index contributed by atoms with van der Waals surface area (Å²) >= 11 is 0. The van der Waals surface area contributed by atoms with Gasteiger partial charge in [-0.25, -0.2) is 28.4 Å². The fourth-order valence-electron chi connectivity index (χ4n) is 3.89. The summed E-state index contributed by atoms with van der Waals surface area (Å²) in [6.45, 7) is -17.3. The molecule has 5 N–H and O–H groups in total. The largest absolute Gasteiger partial charge is 0.495 e. The Balaban J connectivity index is 5.00. The summed E-state index contributed by atoms with van der Waals surface area (Å²) < 4.78 is 315. The predicted molar refractivity (Wildman–Crippen MR) is 172 cm³/mol. The van der Waals surface area contributed by atoms with Crippen LogP contribution >= 0.6 is 0 Å². The van der Waals surface area contributed by atoms with Crippen molar-refractivity contribution in [2.24, 2.45) is 0 Å². The molecule has 0 aromatic rings. The smallest absolute Gasteiger partial charge is 0.396 e. The average Bonchev–Trinajstić information content (AvgIpc) is 3.11. The van der Waals surface area contributed by atoms with Crippen molar-refractivity contribution in [3.05, 3.63) is 0 Å². The molecule has 0 spiro atoms. The van der Waals surface area contributed by atoms with E-state index in [9.17, 15) is 103 Å². The average molecular weight is 1070 g/mol. The highest BCUT2D eigenvalue weighted by molar-refractivity contribution is 4.73. The molecule has 0 amide bonds. The molecular formula is C31H44F20O17. The Kier molecular flexibility index (Phi) is 27.4. The predicted octanol–water partition coefficient (Wildman–Crippen LogP) is 4.66. The molecule has 410 valence electrons. The summed E-state index contributed by atoms with van der Waals surface area (Å²) in [6, 6.07) is 0. The third-order valence-electron chi connectivity index (χ3n) is 6.60. The molecule has 0 bridgehead atoms. The molecule has 0 aromatic heterocycles. The summed E-state index contributed by atoms with van der Waals surface area (Å²) in [4.78, 5) is 0.